The molecule has 0 spiro atoms. The van der Waals surface area contributed by atoms with Crippen LogP contribution >= 0.6 is 0 Å². The number of nitro groups is 1. The molecule has 120 valence electrons. The van der Waals surface area contributed by atoms with Gasteiger partial charge in [0, 0.05) is 24.7 Å². The highest BCUT2D eigenvalue weighted by Crippen LogP contribution is 2.36. The molecule has 0 saturated heterocycles. The molecule has 8 heteroatoms. The first-order valence-electron chi connectivity index (χ1n) is 6.40. The van der Waals surface area contributed by atoms with Gasteiger partial charge in [-0.2, -0.15) is 13.2 Å². The molecule has 0 unspecified atom stereocenters. The standard InChI is InChI=1S/C15H11F3N2O3/c1-19(13-5-3-2-4-12(13)15(16,17)18)14(21)10-6-8-11(9-7-10)20(22)23/h2-9H,1H3. The summed E-state index contributed by atoms with van der Waals surface area (Å²) in [5.74, 6) is -0.698. The fourth-order valence-electron chi connectivity index (χ4n) is 2.03. The third kappa shape index (κ3) is 3.47. The van der Waals surface area contributed by atoms with Crippen molar-refractivity contribution in [1.29, 1.82) is 0 Å². The lowest BCUT2D eigenvalue weighted by atomic mass is 10.1. The quantitative estimate of drug-likeness (QED) is 0.635. The number of alkyl halides is 3. The van der Waals surface area contributed by atoms with Crippen LogP contribution in [0.25, 0.3) is 0 Å². The lowest BCUT2D eigenvalue weighted by Gasteiger charge is -2.21. The number of anilines is 1. The van der Waals surface area contributed by atoms with E-state index >= 15 is 0 Å². The normalized spacial score (nSPS) is 11.1. The Balaban J connectivity index is 2.35. The van der Waals surface area contributed by atoms with E-state index in [2.05, 4.69) is 0 Å². The Bertz CT molecular complexity index is 742. The molecule has 0 aliphatic carbocycles. The fraction of sp³-hybridized carbons (Fsp3) is 0.133. The molecule has 0 aliphatic heterocycles. The minimum Gasteiger partial charge on any atom is -0.311 e. The highest BCUT2D eigenvalue weighted by Gasteiger charge is 2.35. The Labute approximate surface area is 129 Å². The molecular formula is C15H11F3N2O3. The van der Waals surface area contributed by atoms with Crippen molar-refractivity contribution >= 4 is 17.3 Å². The molecule has 0 N–H and O–H groups in total. The predicted molar refractivity (Wildman–Crippen MR) is 77.3 cm³/mol. The molecule has 5 nitrogen and oxygen atoms in total. The van der Waals surface area contributed by atoms with Gasteiger partial charge in [0.15, 0.2) is 0 Å². The maximum Gasteiger partial charge on any atom is 0.418 e. The number of nitro benzene ring substituents is 1. The van der Waals surface area contributed by atoms with E-state index in [9.17, 15) is 28.1 Å². The molecule has 0 aliphatic rings. The van der Waals surface area contributed by atoms with Crippen LogP contribution in [0.1, 0.15) is 15.9 Å². The maximum absolute atomic E-state index is 13.0. The second kappa shape index (κ2) is 6.07. The van der Waals surface area contributed by atoms with E-state index in [4.69, 9.17) is 0 Å². The molecular weight excluding hydrogens is 313 g/mol. The van der Waals surface area contributed by atoms with Gasteiger partial charge in [0.25, 0.3) is 11.6 Å². The summed E-state index contributed by atoms with van der Waals surface area (Å²) in [7, 11) is 1.22. The van der Waals surface area contributed by atoms with Gasteiger partial charge >= 0.3 is 6.18 Å². The van der Waals surface area contributed by atoms with Gasteiger partial charge in [-0.05, 0) is 24.3 Å². The Morgan fingerprint density at radius 3 is 2.17 bits per heavy atom. The highest BCUT2D eigenvalue weighted by atomic mass is 19.4. The van der Waals surface area contributed by atoms with Crippen LogP contribution in [0.2, 0.25) is 0 Å². The number of hydrogen-bond donors (Lipinski definition) is 0. The zero-order valence-electron chi connectivity index (χ0n) is 11.9. The molecule has 0 bridgehead atoms. The number of amides is 1. The van der Waals surface area contributed by atoms with Gasteiger partial charge in [-0.25, -0.2) is 0 Å². The first-order valence-corrected chi connectivity index (χ1v) is 6.40. The minimum absolute atomic E-state index is 0.0510. The van der Waals surface area contributed by atoms with Crippen LogP contribution in [-0.4, -0.2) is 17.9 Å². The largest absolute Gasteiger partial charge is 0.418 e. The summed E-state index contributed by atoms with van der Waals surface area (Å²) in [6, 6.07) is 9.34. The molecule has 0 atom stereocenters. The number of rotatable bonds is 3. The third-order valence-corrected chi connectivity index (χ3v) is 3.20. The summed E-state index contributed by atoms with van der Waals surface area (Å²) < 4.78 is 39.0. The lowest BCUT2D eigenvalue weighted by Crippen LogP contribution is -2.28. The number of para-hydroxylation sites is 1. The van der Waals surface area contributed by atoms with Gasteiger partial charge in [-0.1, -0.05) is 12.1 Å². The maximum atomic E-state index is 13.0. The lowest BCUT2D eigenvalue weighted by molar-refractivity contribution is -0.384. The predicted octanol–water partition coefficient (Wildman–Crippen LogP) is 3.89. The number of nitrogens with zero attached hydrogens (tertiary/aromatic N) is 2. The molecule has 0 aromatic heterocycles. The van der Waals surface area contributed by atoms with E-state index in [1.807, 2.05) is 0 Å². The molecule has 0 heterocycles. The van der Waals surface area contributed by atoms with E-state index < -0.39 is 22.6 Å². The number of carbonyl (C=O) groups is 1. The highest BCUT2D eigenvalue weighted by molar-refractivity contribution is 6.06. The first kappa shape index (κ1) is 16.5. The number of halogens is 3. The van der Waals surface area contributed by atoms with Crippen molar-refractivity contribution in [1.82, 2.24) is 0 Å². The zero-order chi connectivity index (χ0) is 17.2. The van der Waals surface area contributed by atoms with Gasteiger partial charge in [0.2, 0.25) is 0 Å². The van der Waals surface area contributed by atoms with E-state index in [-0.39, 0.29) is 16.9 Å². The van der Waals surface area contributed by atoms with Crippen molar-refractivity contribution in [2.75, 3.05) is 11.9 Å². The Morgan fingerprint density at radius 1 is 1.09 bits per heavy atom. The average Bonchev–Trinajstić information content (AvgIpc) is 2.52. The summed E-state index contributed by atoms with van der Waals surface area (Å²) in [4.78, 5) is 23.1. The second-order valence-corrected chi connectivity index (χ2v) is 4.68. The van der Waals surface area contributed by atoms with Crippen molar-refractivity contribution in [3.63, 3.8) is 0 Å². The van der Waals surface area contributed by atoms with Crippen molar-refractivity contribution < 1.29 is 22.9 Å². The van der Waals surface area contributed by atoms with Gasteiger partial charge in [0.05, 0.1) is 16.2 Å². The SMILES string of the molecule is CN(C(=O)c1ccc([N+](=O)[O-])cc1)c1ccccc1C(F)(F)F. The Kier molecular flexibility index (Phi) is 4.35. The minimum atomic E-state index is -4.60. The fourth-order valence-corrected chi connectivity index (χ4v) is 2.03. The summed E-state index contributed by atoms with van der Waals surface area (Å²) in [5, 5.41) is 10.6. The second-order valence-electron chi connectivity index (χ2n) is 4.68. The van der Waals surface area contributed by atoms with Crippen LogP contribution < -0.4 is 4.90 Å². The molecule has 2 aromatic rings. The van der Waals surface area contributed by atoms with Gasteiger partial charge in [-0.15, -0.1) is 0 Å². The van der Waals surface area contributed by atoms with E-state index in [1.54, 1.807) is 0 Å². The molecule has 1 amide bonds. The molecule has 2 aromatic carbocycles. The van der Waals surface area contributed by atoms with Gasteiger partial charge < -0.3 is 4.90 Å². The van der Waals surface area contributed by atoms with Crippen LogP contribution in [-0.2, 0) is 6.18 Å². The molecule has 0 radical (unpaired) electrons. The van der Waals surface area contributed by atoms with Crippen LogP contribution in [0.4, 0.5) is 24.5 Å². The zero-order valence-corrected chi connectivity index (χ0v) is 11.9. The topological polar surface area (TPSA) is 63.5 Å². The van der Waals surface area contributed by atoms with Crippen molar-refractivity contribution in [2.45, 2.75) is 6.18 Å². The number of benzene rings is 2. The molecule has 23 heavy (non-hydrogen) atoms. The van der Waals surface area contributed by atoms with Crippen molar-refractivity contribution in [3.05, 3.63) is 69.8 Å². The number of carbonyl (C=O) groups excluding carboxylic acids is 1. The van der Waals surface area contributed by atoms with Crippen LogP contribution in [0.5, 0.6) is 0 Å². The molecule has 2 rings (SSSR count). The van der Waals surface area contributed by atoms with E-state index in [0.29, 0.717) is 0 Å². The summed E-state index contributed by atoms with van der Waals surface area (Å²) >= 11 is 0. The van der Waals surface area contributed by atoms with E-state index in [0.717, 1.165) is 23.1 Å². The van der Waals surface area contributed by atoms with E-state index in [1.165, 1.54) is 37.4 Å². The van der Waals surface area contributed by atoms with Crippen LogP contribution in [0, 0.1) is 10.1 Å². The van der Waals surface area contributed by atoms with Crippen LogP contribution in [0.3, 0.4) is 0 Å². The monoisotopic (exact) mass is 324 g/mol. The Morgan fingerprint density at radius 2 is 1.65 bits per heavy atom. The molecule has 0 fully saturated rings. The smallest absolute Gasteiger partial charge is 0.311 e. The van der Waals surface area contributed by atoms with Crippen molar-refractivity contribution in [2.24, 2.45) is 0 Å². The molecule has 0 saturated carbocycles. The van der Waals surface area contributed by atoms with Crippen LogP contribution in [0.15, 0.2) is 48.5 Å². The average molecular weight is 324 g/mol. The first-order chi connectivity index (χ1) is 10.7. The third-order valence-electron chi connectivity index (χ3n) is 3.20. The number of hydrogen-bond acceptors (Lipinski definition) is 3. The summed E-state index contributed by atoms with van der Waals surface area (Å²) in [6.45, 7) is 0. The summed E-state index contributed by atoms with van der Waals surface area (Å²) in [6.07, 6.45) is -4.60. The Hall–Kier alpha value is -2.90. The van der Waals surface area contributed by atoms with Gasteiger partial charge in [0.1, 0.15) is 0 Å². The summed E-state index contributed by atoms with van der Waals surface area (Å²) in [5.41, 5.74) is -1.38. The number of non-ortho nitro benzene ring substituents is 1. The van der Waals surface area contributed by atoms with Gasteiger partial charge in [-0.3, -0.25) is 14.9 Å². The van der Waals surface area contributed by atoms with Crippen molar-refractivity contribution in [3.8, 4) is 0 Å².